The largest absolute Gasteiger partial charge is 0.465 e. The Kier molecular flexibility index (Phi) is 7.16. The van der Waals surface area contributed by atoms with Gasteiger partial charge in [-0.3, -0.25) is 9.69 Å². The lowest BCUT2D eigenvalue weighted by atomic mass is 10.1. The fourth-order valence-corrected chi connectivity index (χ4v) is 1.96. The summed E-state index contributed by atoms with van der Waals surface area (Å²) in [7, 11) is 0. The van der Waals surface area contributed by atoms with Crippen molar-refractivity contribution in [3.63, 3.8) is 0 Å². The maximum Gasteiger partial charge on any atom is 0.320 e. The summed E-state index contributed by atoms with van der Waals surface area (Å²) >= 11 is 0. The molecule has 1 aliphatic rings. The van der Waals surface area contributed by atoms with E-state index in [0.717, 1.165) is 39.0 Å². The van der Waals surface area contributed by atoms with Gasteiger partial charge < -0.3 is 15.2 Å². The fraction of sp³-hybridized carbons (Fsp3) is 0.917. The van der Waals surface area contributed by atoms with E-state index >= 15 is 0 Å². The van der Waals surface area contributed by atoms with Gasteiger partial charge in [-0.15, -0.1) is 0 Å². The fourth-order valence-electron chi connectivity index (χ4n) is 1.96. The van der Waals surface area contributed by atoms with Crippen LogP contribution in [0.2, 0.25) is 0 Å². The molecule has 0 aromatic heterocycles. The second-order valence-electron chi connectivity index (χ2n) is 4.29. The van der Waals surface area contributed by atoms with Crippen LogP contribution in [-0.2, 0) is 14.3 Å². The number of rotatable bonds is 7. The van der Waals surface area contributed by atoms with Gasteiger partial charge in [0.1, 0.15) is 0 Å². The first kappa shape index (κ1) is 14.4. The zero-order chi connectivity index (χ0) is 12.5. The van der Waals surface area contributed by atoms with Crippen LogP contribution in [0.4, 0.5) is 0 Å². The highest BCUT2D eigenvalue weighted by molar-refractivity contribution is 5.71. The van der Waals surface area contributed by atoms with E-state index in [-0.39, 0.29) is 5.97 Å². The predicted molar refractivity (Wildman–Crippen MR) is 65.7 cm³/mol. The van der Waals surface area contributed by atoms with Crippen LogP contribution in [0.25, 0.3) is 0 Å². The van der Waals surface area contributed by atoms with Gasteiger partial charge in [-0.2, -0.15) is 0 Å². The summed E-state index contributed by atoms with van der Waals surface area (Å²) in [5.41, 5.74) is 5.41. The van der Waals surface area contributed by atoms with Crippen LogP contribution in [0.3, 0.4) is 0 Å². The van der Waals surface area contributed by atoms with E-state index in [4.69, 9.17) is 15.2 Å². The minimum atomic E-state index is -0.130. The molecule has 0 unspecified atom stereocenters. The molecule has 1 saturated heterocycles. The topological polar surface area (TPSA) is 64.8 Å². The smallest absolute Gasteiger partial charge is 0.320 e. The van der Waals surface area contributed by atoms with Crippen LogP contribution in [0, 0.1) is 0 Å². The second kappa shape index (κ2) is 8.44. The average Bonchev–Trinajstić information content (AvgIpc) is 2.32. The Hall–Kier alpha value is -0.650. The Labute approximate surface area is 103 Å². The first-order chi connectivity index (χ1) is 8.26. The first-order valence-electron chi connectivity index (χ1n) is 6.46. The van der Waals surface area contributed by atoms with E-state index in [2.05, 4.69) is 4.90 Å². The minimum absolute atomic E-state index is 0.130. The van der Waals surface area contributed by atoms with Crippen molar-refractivity contribution in [1.29, 1.82) is 0 Å². The number of nitrogens with zero attached hydrogens (tertiary/aromatic N) is 1. The first-order valence-corrected chi connectivity index (χ1v) is 6.46. The number of piperidine rings is 1. The van der Waals surface area contributed by atoms with Gasteiger partial charge >= 0.3 is 5.97 Å². The van der Waals surface area contributed by atoms with E-state index in [0.29, 0.717) is 25.8 Å². The lowest BCUT2D eigenvalue weighted by Crippen LogP contribution is -2.40. The molecule has 1 heterocycles. The van der Waals surface area contributed by atoms with Crippen LogP contribution in [0.1, 0.15) is 26.2 Å². The number of hydrogen-bond donors (Lipinski definition) is 1. The molecule has 2 N–H and O–H groups in total. The third-order valence-corrected chi connectivity index (χ3v) is 2.89. The Bertz CT molecular complexity index is 216. The van der Waals surface area contributed by atoms with Crippen LogP contribution in [0.5, 0.6) is 0 Å². The van der Waals surface area contributed by atoms with Crippen LogP contribution < -0.4 is 5.73 Å². The molecule has 0 saturated carbocycles. The molecule has 1 aliphatic heterocycles. The van der Waals surface area contributed by atoms with Crippen molar-refractivity contribution >= 4 is 5.97 Å². The molecular formula is C12H24N2O3. The highest BCUT2D eigenvalue weighted by atomic mass is 16.5. The van der Waals surface area contributed by atoms with E-state index in [1.165, 1.54) is 0 Å². The molecule has 0 radical (unpaired) electrons. The molecule has 0 aromatic rings. The molecule has 1 fully saturated rings. The van der Waals surface area contributed by atoms with E-state index < -0.39 is 0 Å². The Morgan fingerprint density at radius 3 is 2.71 bits per heavy atom. The van der Waals surface area contributed by atoms with Gasteiger partial charge in [0, 0.05) is 19.7 Å². The van der Waals surface area contributed by atoms with Gasteiger partial charge in [-0.25, -0.2) is 0 Å². The molecular weight excluding hydrogens is 220 g/mol. The summed E-state index contributed by atoms with van der Waals surface area (Å²) in [6, 6.07) is 0. The number of carbonyl (C=O) groups excluding carboxylic acids is 1. The SMILES string of the molecule is CCOC(=O)CN1CCC(OCCCN)CC1. The summed E-state index contributed by atoms with van der Waals surface area (Å²) in [5, 5.41) is 0. The van der Waals surface area contributed by atoms with E-state index in [1.807, 2.05) is 6.92 Å². The number of carbonyl (C=O) groups is 1. The molecule has 5 heteroatoms. The van der Waals surface area contributed by atoms with Crippen molar-refractivity contribution in [3.05, 3.63) is 0 Å². The van der Waals surface area contributed by atoms with E-state index in [9.17, 15) is 4.79 Å². The van der Waals surface area contributed by atoms with Crippen LogP contribution >= 0.6 is 0 Å². The molecule has 5 nitrogen and oxygen atoms in total. The minimum Gasteiger partial charge on any atom is -0.465 e. The summed E-state index contributed by atoms with van der Waals surface area (Å²) in [4.78, 5) is 13.4. The molecule has 0 aliphatic carbocycles. The number of hydrogen-bond acceptors (Lipinski definition) is 5. The lowest BCUT2D eigenvalue weighted by Gasteiger charge is -2.31. The molecule has 100 valence electrons. The maximum absolute atomic E-state index is 11.3. The molecule has 17 heavy (non-hydrogen) atoms. The van der Waals surface area contributed by atoms with Gasteiger partial charge in [0.15, 0.2) is 0 Å². The lowest BCUT2D eigenvalue weighted by molar-refractivity contribution is -0.145. The van der Waals surface area contributed by atoms with Crippen LogP contribution in [-0.4, -0.2) is 56.4 Å². The second-order valence-corrected chi connectivity index (χ2v) is 4.29. The van der Waals surface area contributed by atoms with Crippen molar-refractivity contribution < 1.29 is 14.3 Å². The molecule has 0 atom stereocenters. The van der Waals surface area contributed by atoms with Gasteiger partial charge in [0.25, 0.3) is 0 Å². The van der Waals surface area contributed by atoms with E-state index in [1.54, 1.807) is 0 Å². The Morgan fingerprint density at radius 2 is 2.12 bits per heavy atom. The summed E-state index contributed by atoms with van der Waals surface area (Å²) < 4.78 is 10.6. The third-order valence-electron chi connectivity index (χ3n) is 2.89. The zero-order valence-electron chi connectivity index (χ0n) is 10.7. The summed E-state index contributed by atoms with van der Waals surface area (Å²) in [6.45, 7) is 5.94. The molecule has 0 aromatic carbocycles. The standard InChI is InChI=1S/C12H24N2O3/c1-2-16-12(15)10-14-7-4-11(5-8-14)17-9-3-6-13/h11H,2-10,13H2,1H3. The number of ether oxygens (including phenoxy) is 2. The van der Waals surface area contributed by atoms with Crippen LogP contribution in [0.15, 0.2) is 0 Å². The van der Waals surface area contributed by atoms with Crippen molar-refractivity contribution in [2.45, 2.75) is 32.3 Å². The number of nitrogens with two attached hydrogens (primary N) is 1. The van der Waals surface area contributed by atoms with Gasteiger partial charge in [-0.05, 0) is 32.7 Å². The molecule has 0 bridgehead atoms. The third kappa shape index (κ3) is 6.00. The molecule has 1 rings (SSSR count). The Morgan fingerprint density at radius 1 is 1.41 bits per heavy atom. The average molecular weight is 244 g/mol. The van der Waals surface area contributed by atoms with Crippen molar-refractivity contribution in [3.8, 4) is 0 Å². The molecule has 0 amide bonds. The highest BCUT2D eigenvalue weighted by Gasteiger charge is 2.21. The zero-order valence-corrected chi connectivity index (χ0v) is 10.7. The summed E-state index contributed by atoms with van der Waals surface area (Å²) in [5.74, 6) is -0.130. The predicted octanol–water partition coefficient (Wildman–Crippen LogP) is 0.379. The highest BCUT2D eigenvalue weighted by Crippen LogP contribution is 2.13. The van der Waals surface area contributed by atoms with Gasteiger partial charge in [0.05, 0.1) is 19.3 Å². The summed E-state index contributed by atoms with van der Waals surface area (Å²) in [6.07, 6.45) is 3.23. The van der Waals surface area contributed by atoms with Gasteiger partial charge in [0.2, 0.25) is 0 Å². The van der Waals surface area contributed by atoms with Crippen molar-refractivity contribution in [1.82, 2.24) is 4.90 Å². The quantitative estimate of drug-likeness (QED) is 0.518. The number of likely N-dealkylation sites (tertiary alicyclic amines) is 1. The maximum atomic E-state index is 11.3. The molecule has 0 spiro atoms. The van der Waals surface area contributed by atoms with Crippen molar-refractivity contribution in [2.75, 3.05) is 39.4 Å². The Balaban J connectivity index is 2.10. The normalized spacial score (nSPS) is 18.2. The monoisotopic (exact) mass is 244 g/mol. The number of esters is 1. The van der Waals surface area contributed by atoms with Crippen molar-refractivity contribution in [2.24, 2.45) is 5.73 Å². The van der Waals surface area contributed by atoms with Gasteiger partial charge in [-0.1, -0.05) is 0 Å².